The molecule has 0 aliphatic heterocycles. The molecule has 2 heterocycles. The van der Waals surface area contributed by atoms with Gasteiger partial charge < -0.3 is 15.4 Å². The zero-order valence-electron chi connectivity index (χ0n) is 16.8. The number of halogens is 3. The normalized spacial score (nSPS) is 11.7. The monoisotopic (exact) mass is 479 g/mol. The third-order valence-electron chi connectivity index (χ3n) is 4.46. The number of rotatable bonds is 5. The second-order valence-corrected chi connectivity index (χ2v) is 9.04. The standard InChI is InChI=1S/C21H16F3N3O3S2/c1-10(28)25-14-4-3-12(21(22,23)24)7-15(14)27-18(29)9-30-16-8-17-19(26-11(2)32-17)20-13(16)5-6-31-20/h3-8H,9H2,1-2H3,(H,25,28)(H,27,29). The fraction of sp³-hybridized carbons (Fsp3) is 0.190. The van der Waals surface area contributed by atoms with Crippen LogP contribution < -0.4 is 15.4 Å². The van der Waals surface area contributed by atoms with E-state index in [2.05, 4.69) is 15.6 Å². The number of benzene rings is 2. The number of alkyl halides is 3. The van der Waals surface area contributed by atoms with Crippen molar-refractivity contribution in [2.75, 3.05) is 17.2 Å². The van der Waals surface area contributed by atoms with Crippen molar-refractivity contribution in [3.05, 3.63) is 46.3 Å². The van der Waals surface area contributed by atoms with E-state index in [4.69, 9.17) is 4.74 Å². The highest BCUT2D eigenvalue weighted by atomic mass is 32.1. The maximum Gasteiger partial charge on any atom is 0.416 e. The molecule has 166 valence electrons. The molecule has 0 atom stereocenters. The lowest BCUT2D eigenvalue weighted by atomic mass is 10.1. The molecule has 2 aromatic carbocycles. The highest BCUT2D eigenvalue weighted by Crippen LogP contribution is 2.39. The molecule has 11 heteroatoms. The molecule has 0 unspecified atom stereocenters. The van der Waals surface area contributed by atoms with Crippen molar-refractivity contribution in [3.8, 4) is 5.75 Å². The number of carbonyl (C=O) groups is 2. The predicted octanol–water partition coefficient (Wildman–Crippen LogP) is 5.81. The van der Waals surface area contributed by atoms with Gasteiger partial charge in [-0.15, -0.1) is 22.7 Å². The number of thiazole rings is 1. The Hall–Kier alpha value is -3.18. The Labute approximate surface area is 188 Å². The minimum Gasteiger partial charge on any atom is -0.483 e. The van der Waals surface area contributed by atoms with E-state index in [-0.39, 0.29) is 11.4 Å². The van der Waals surface area contributed by atoms with Gasteiger partial charge in [0, 0.05) is 18.4 Å². The quantitative estimate of drug-likeness (QED) is 0.378. The summed E-state index contributed by atoms with van der Waals surface area (Å²) < 4.78 is 46.8. The molecule has 2 aromatic heterocycles. The molecule has 0 radical (unpaired) electrons. The first-order valence-electron chi connectivity index (χ1n) is 9.30. The summed E-state index contributed by atoms with van der Waals surface area (Å²) in [6, 6.07) is 6.36. The van der Waals surface area contributed by atoms with E-state index in [1.54, 1.807) is 6.07 Å². The van der Waals surface area contributed by atoms with Crippen LogP contribution in [0.1, 0.15) is 17.5 Å². The van der Waals surface area contributed by atoms with E-state index in [1.807, 2.05) is 18.4 Å². The van der Waals surface area contributed by atoms with Crippen LogP contribution in [0.15, 0.2) is 35.7 Å². The predicted molar refractivity (Wildman–Crippen MR) is 120 cm³/mol. The first-order chi connectivity index (χ1) is 15.1. The molecule has 0 saturated heterocycles. The Kier molecular flexibility index (Phi) is 5.78. The van der Waals surface area contributed by atoms with Crippen molar-refractivity contribution in [1.29, 1.82) is 0 Å². The van der Waals surface area contributed by atoms with Gasteiger partial charge in [-0.25, -0.2) is 4.98 Å². The number of amides is 2. The number of carbonyl (C=O) groups excluding carboxylic acids is 2. The zero-order chi connectivity index (χ0) is 23.0. The second kappa shape index (κ2) is 8.40. The summed E-state index contributed by atoms with van der Waals surface area (Å²) in [6.45, 7) is 2.69. The SMILES string of the molecule is CC(=O)Nc1ccc(C(F)(F)F)cc1NC(=O)COc1cc2sc(C)nc2c2sccc12. The van der Waals surface area contributed by atoms with Gasteiger partial charge in [-0.2, -0.15) is 13.2 Å². The summed E-state index contributed by atoms with van der Waals surface area (Å²) in [7, 11) is 0. The summed E-state index contributed by atoms with van der Waals surface area (Å²) in [5, 5.41) is 8.41. The number of ether oxygens (including phenoxy) is 1. The summed E-state index contributed by atoms with van der Waals surface area (Å²) in [6.07, 6.45) is -4.60. The van der Waals surface area contributed by atoms with Gasteiger partial charge >= 0.3 is 6.18 Å². The fourth-order valence-corrected chi connectivity index (χ4v) is 4.99. The van der Waals surface area contributed by atoms with Crippen molar-refractivity contribution in [2.24, 2.45) is 0 Å². The smallest absolute Gasteiger partial charge is 0.416 e. The molecule has 6 nitrogen and oxygen atoms in total. The molecule has 2 N–H and O–H groups in total. The number of fused-ring (bicyclic) bond motifs is 3. The number of hydrogen-bond donors (Lipinski definition) is 2. The van der Waals surface area contributed by atoms with Gasteiger partial charge in [0.1, 0.15) is 5.75 Å². The van der Waals surface area contributed by atoms with E-state index in [0.29, 0.717) is 5.75 Å². The molecule has 0 fully saturated rings. The lowest BCUT2D eigenvalue weighted by molar-refractivity contribution is -0.137. The topological polar surface area (TPSA) is 80.3 Å². The Balaban J connectivity index is 1.56. The lowest BCUT2D eigenvalue weighted by Gasteiger charge is -2.15. The number of hydrogen-bond acceptors (Lipinski definition) is 6. The summed E-state index contributed by atoms with van der Waals surface area (Å²) in [4.78, 5) is 28.4. The molecule has 4 rings (SSSR count). The Morgan fingerprint density at radius 1 is 1.12 bits per heavy atom. The van der Waals surface area contributed by atoms with Crippen molar-refractivity contribution in [3.63, 3.8) is 0 Å². The van der Waals surface area contributed by atoms with E-state index >= 15 is 0 Å². The summed E-state index contributed by atoms with van der Waals surface area (Å²) >= 11 is 3.01. The number of nitrogens with one attached hydrogen (secondary N) is 2. The molecule has 4 aromatic rings. The van der Waals surface area contributed by atoms with Gasteiger partial charge in [0.2, 0.25) is 5.91 Å². The molecule has 0 spiro atoms. The van der Waals surface area contributed by atoms with Crippen LogP contribution >= 0.6 is 22.7 Å². The van der Waals surface area contributed by atoms with Gasteiger partial charge in [0.25, 0.3) is 5.91 Å². The fourth-order valence-electron chi connectivity index (χ4n) is 3.16. The van der Waals surface area contributed by atoms with Crippen LogP contribution in [0.25, 0.3) is 20.3 Å². The Morgan fingerprint density at radius 2 is 1.91 bits per heavy atom. The average molecular weight is 480 g/mol. The van der Waals surface area contributed by atoms with Crippen LogP contribution in [0.5, 0.6) is 5.75 Å². The number of nitrogens with zero attached hydrogens (tertiary/aromatic N) is 1. The van der Waals surface area contributed by atoms with Crippen LogP contribution in [-0.2, 0) is 15.8 Å². The third kappa shape index (κ3) is 4.53. The highest BCUT2D eigenvalue weighted by molar-refractivity contribution is 7.21. The molecular formula is C21H16F3N3O3S2. The van der Waals surface area contributed by atoms with Gasteiger partial charge in [-0.1, -0.05) is 0 Å². The third-order valence-corrected chi connectivity index (χ3v) is 6.30. The number of thiophene rings is 1. The maximum atomic E-state index is 13.1. The van der Waals surface area contributed by atoms with Crippen molar-refractivity contribution in [1.82, 2.24) is 4.98 Å². The van der Waals surface area contributed by atoms with E-state index in [9.17, 15) is 22.8 Å². The van der Waals surface area contributed by atoms with Crippen molar-refractivity contribution in [2.45, 2.75) is 20.0 Å². The van der Waals surface area contributed by atoms with Gasteiger partial charge in [-0.3, -0.25) is 9.59 Å². The minimum atomic E-state index is -4.60. The number of aromatic nitrogens is 1. The largest absolute Gasteiger partial charge is 0.483 e. The van der Waals surface area contributed by atoms with Crippen molar-refractivity contribution < 1.29 is 27.5 Å². The zero-order valence-corrected chi connectivity index (χ0v) is 18.4. The Bertz CT molecular complexity index is 1340. The van der Waals surface area contributed by atoms with Crippen LogP contribution in [0.3, 0.4) is 0 Å². The maximum absolute atomic E-state index is 13.1. The first-order valence-corrected chi connectivity index (χ1v) is 11.0. The lowest BCUT2D eigenvalue weighted by Crippen LogP contribution is -2.22. The van der Waals surface area contributed by atoms with E-state index < -0.39 is 30.2 Å². The van der Waals surface area contributed by atoms with Gasteiger partial charge in [0.05, 0.1) is 36.9 Å². The Morgan fingerprint density at radius 3 is 2.62 bits per heavy atom. The molecule has 0 aliphatic rings. The van der Waals surface area contributed by atoms with E-state index in [1.165, 1.54) is 29.6 Å². The highest BCUT2D eigenvalue weighted by Gasteiger charge is 2.31. The molecular weight excluding hydrogens is 463 g/mol. The number of aryl methyl sites for hydroxylation is 1. The molecule has 0 bridgehead atoms. The summed E-state index contributed by atoms with van der Waals surface area (Å²) in [5.41, 5.74) is -0.189. The molecule has 0 aliphatic carbocycles. The van der Waals surface area contributed by atoms with Crippen LogP contribution in [0.4, 0.5) is 24.5 Å². The number of anilines is 2. The average Bonchev–Trinajstić information content (AvgIpc) is 3.32. The van der Waals surface area contributed by atoms with E-state index in [0.717, 1.165) is 43.5 Å². The van der Waals surface area contributed by atoms with Gasteiger partial charge in [0.15, 0.2) is 6.61 Å². The first kappa shape index (κ1) is 22.0. The second-order valence-electron chi connectivity index (χ2n) is 6.89. The molecule has 32 heavy (non-hydrogen) atoms. The van der Waals surface area contributed by atoms with Crippen LogP contribution in [0, 0.1) is 6.92 Å². The summed E-state index contributed by atoms with van der Waals surface area (Å²) in [5.74, 6) is -0.664. The minimum absolute atomic E-state index is 0.0561. The van der Waals surface area contributed by atoms with Crippen molar-refractivity contribution >= 4 is 66.2 Å². The van der Waals surface area contributed by atoms with Crippen LogP contribution in [-0.4, -0.2) is 23.4 Å². The molecule has 0 saturated carbocycles. The van der Waals surface area contributed by atoms with Gasteiger partial charge in [-0.05, 0) is 36.6 Å². The van der Waals surface area contributed by atoms with Crippen LogP contribution in [0.2, 0.25) is 0 Å². The molecule has 2 amide bonds.